The Morgan fingerprint density at radius 1 is 1.20 bits per heavy atom. The maximum atomic E-state index is 11.9. The van der Waals surface area contributed by atoms with Gasteiger partial charge >= 0.3 is 0 Å². The van der Waals surface area contributed by atoms with Gasteiger partial charge in [0, 0.05) is 31.1 Å². The molecule has 1 aromatic carbocycles. The first-order valence-electron chi connectivity index (χ1n) is 7.06. The normalized spacial score (nSPS) is 15.3. The van der Waals surface area contributed by atoms with Gasteiger partial charge in [0.25, 0.3) is 0 Å². The van der Waals surface area contributed by atoms with E-state index in [-0.39, 0.29) is 5.91 Å². The van der Waals surface area contributed by atoms with Crippen LogP contribution in [0.5, 0.6) is 0 Å². The first-order chi connectivity index (χ1) is 9.75. The standard InChI is InChI=1S/C15H21ClN2O2/c16-14-3-1-13(2-4-14)5-7-17-8-6-15(19)18-9-11-20-12-10-18/h1-4,17H,5-12H2. The van der Waals surface area contributed by atoms with Crippen molar-refractivity contribution in [2.24, 2.45) is 0 Å². The van der Waals surface area contributed by atoms with Crippen LogP contribution in [0.2, 0.25) is 5.02 Å². The highest BCUT2D eigenvalue weighted by Crippen LogP contribution is 2.09. The molecule has 0 spiro atoms. The second kappa shape index (κ2) is 8.25. The third kappa shape index (κ3) is 5.12. The molecule has 1 aliphatic rings. The molecule has 0 aromatic heterocycles. The summed E-state index contributed by atoms with van der Waals surface area (Å²) in [6.07, 6.45) is 1.50. The van der Waals surface area contributed by atoms with Crippen molar-refractivity contribution in [3.63, 3.8) is 0 Å². The third-order valence-corrected chi connectivity index (χ3v) is 3.64. The number of hydrogen-bond donors (Lipinski definition) is 1. The van der Waals surface area contributed by atoms with Crippen LogP contribution in [0.3, 0.4) is 0 Å². The summed E-state index contributed by atoms with van der Waals surface area (Å²) in [4.78, 5) is 13.8. The number of nitrogens with zero attached hydrogens (tertiary/aromatic N) is 1. The molecule has 1 fully saturated rings. The Kier molecular flexibility index (Phi) is 6.30. The second-order valence-corrected chi connectivity index (χ2v) is 5.31. The van der Waals surface area contributed by atoms with Gasteiger partial charge in [-0.3, -0.25) is 4.79 Å². The van der Waals surface area contributed by atoms with Crippen LogP contribution in [0.15, 0.2) is 24.3 Å². The van der Waals surface area contributed by atoms with Crippen molar-refractivity contribution >= 4 is 17.5 Å². The van der Waals surface area contributed by atoms with Gasteiger partial charge in [-0.15, -0.1) is 0 Å². The van der Waals surface area contributed by atoms with Crippen LogP contribution in [-0.4, -0.2) is 50.2 Å². The molecule has 1 saturated heterocycles. The highest BCUT2D eigenvalue weighted by Gasteiger charge is 2.15. The quantitative estimate of drug-likeness (QED) is 0.813. The van der Waals surface area contributed by atoms with E-state index in [1.165, 1.54) is 5.56 Å². The van der Waals surface area contributed by atoms with E-state index in [2.05, 4.69) is 5.32 Å². The number of hydrogen-bond acceptors (Lipinski definition) is 3. The predicted octanol–water partition coefficient (Wildman–Crippen LogP) is 1.72. The smallest absolute Gasteiger partial charge is 0.224 e. The number of ether oxygens (including phenoxy) is 1. The molecule has 0 unspecified atom stereocenters. The Labute approximate surface area is 125 Å². The average Bonchev–Trinajstić information content (AvgIpc) is 2.49. The van der Waals surface area contributed by atoms with Crippen molar-refractivity contribution in [1.29, 1.82) is 0 Å². The van der Waals surface area contributed by atoms with Crippen LogP contribution in [0.1, 0.15) is 12.0 Å². The molecule has 0 aliphatic carbocycles. The lowest BCUT2D eigenvalue weighted by Crippen LogP contribution is -2.41. The van der Waals surface area contributed by atoms with Gasteiger partial charge in [-0.05, 0) is 30.7 Å². The van der Waals surface area contributed by atoms with Gasteiger partial charge in [-0.25, -0.2) is 0 Å². The van der Waals surface area contributed by atoms with Gasteiger partial charge in [-0.1, -0.05) is 23.7 Å². The molecule has 1 heterocycles. The molecule has 0 bridgehead atoms. The molecule has 1 N–H and O–H groups in total. The van der Waals surface area contributed by atoms with Crippen molar-refractivity contribution in [2.45, 2.75) is 12.8 Å². The molecule has 0 atom stereocenters. The molecule has 1 aromatic rings. The SMILES string of the molecule is O=C(CCNCCc1ccc(Cl)cc1)N1CCOCC1. The van der Waals surface area contributed by atoms with Crippen molar-refractivity contribution in [1.82, 2.24) is 10.2 Å². The molecule has 1 aliphatic heterocycles. The Morgan fingerprint density at radius 3 is 2.60 bits per heavy atom. The molecule has 0 saturated carbocycles. The number of amides is 1. The van der Waals surface area contributed by atoms with Gasteiger partial charge in [-0.2, -0.15) is 0 Å². The number of halogens is 1. The molecular weight excluding hydrogens is 276 g/mol. The van der Waals surface area contributed by atoms with E-state index in [0.717, 1.165) is 37.6 Å². The third-order valence-electron chi connectivity index (χ3n) is 3.38. The number of morpholine rings is 1. The van der Waals surface area contributed by atoms with Gasteiger partial charge in [0.05, 0.1) is 13.2 Å². The second-order valence-electron chi connectivity index (χ2n) is 4.87. The zero-order chi connectivity index (χ0) is 14.2. The van der Waals surface area contributed by atoms with E-state index in [1.807, 2.05) is 29.2 Å². The first kappa shape index (κ1) is 15.3. The molecular formula is C15H21ClN2O2. The Bertz CT molecular complexity index is 416. The molecule has 20 heavy (non-hydrogen) atoms. The predicted molar refractivity (Wildman–Crippen MR) is 80.0 cm³/mol. The minimum Gasteiger partial charge on any atom is -0.378 e. The highest BCUT2D eigenvalue weighted by molar-refractivity contribution is 6.30. The van der Waals surface area contributed by atoms with Crippen LogP contribution in [0, 0.1) is 0 Å². The number of carbonyl (C=O) groups excluding carboxylic acids is 1. The fraction of sp³-hybridized carbons (Fsp3) is 0.533. The lowest BCUT2D eigenvalue weighted by Gasteiger charge is -2.26. The molecule has 5 heteroatoms. The minimum atomic E-state index is 0.215. The largest absolute Gasteiger partial charge is 0.378 e. The van der Waals surface area contributed by atoms with Gasteiger partial charge in [0.2, 0.25) is 5.91 Å². The summed E-state index contributed by atoms with van der Waals surface area (Å²) >= 11 is 5.84. The topological polar surface area (TPSA) is 41.6 Å². The fourth-order valence-corrected chi connectivity index (χ4v) is 2.30. The van der Waals surface area contributed by atoms with Crippen molar-refractivity contribution in [2.75, 3.05) is 39.4 Å². The number of nitrogens with one attached hydrogen (secondary N) is 1. The summed E-state index contributed by atoms with van der Waals surface area (Å²) in [5, 5.41) is 4.07. The summed E-state index contributed by atoms with van der Waals surface area (Å²) in [7, 11) is 0. The molecule has 110 valence electrons. The van der Waals surface area contributed by atoms with Crippen LogP contribution < -0.4 is 5.32 Å². The van der Waals surface area contributed by atoms with Crippen LogP contribution in [-0.2, 0) is 16.0 Å². The fourth-order valence-electron chi connectivity index (χ4n) is 2.17. The van der Waals surface area contributed by atoms with Crippen LogP contribution in [0.25, 0.3) is 0 Å². The van der Waals surface area contributed by atoms with E-state index >= 15 is 0 Å². The van der Waals surface area contributed by atoms with E-state index < -0.39 is 0 Å². The molecule has 0 radical (unpaired) electrons. The molecule has 4 nitrogen and oxygen atoms in total. The lowest BCUT2D eigenvalue weighted by atomic mass is 10.1. The Hall–Kier alpha value is -1.10. The number of benzene rings is 1. The lowest BCUT2D eigenvalue weighted by molar-refractivity contribution is -0.135. The highest BCUT2D eigenvalue weighted by atomic mass is 35.5. The summed E-state index contributed by atoms with van der Waals surface area (Å²) in [5.41, 5.74) is 1.25. The number of rotatable bonds is 6. The van der Waals surface area contributed by atoms with Crippen LogP contribution >= 0.6 is 11.6 Å². The van der Waals surface area contributed by atoms with Crippen LogP contribution in [0.4, 0.5) is 0 Å². The maximum Gasteiger partial charge on any atom is 0.224 e. The Morgan fingerprint density at radius 2 is 1.90 bits per heavy atom. The monoisotopic (exact) mass is 296 g/mol. The summed E-state index contributed by atoms with van der Waals surface area (Å²) in [6, 6.07) is 7.86. The maximum absolute atomic E-state index is 11.9. The molecule has 2 rings (SSSR count). The van der Waals surface area contributed by atoms with E-state index in [9.17, 15) is 4.79 Å². The molecule has 1 amide bonds. The first-order valence-corrected chi connectivity index (χ1v) is 7.44. The van der Waals surface area contributed by atoms with E-state index in [0.29, 0.717) is 19.6 Å². The Balaban J connectivity index is 1.57. The van der Waals surface area contributed by atoms with E-state index in [1.54, 1.807) is 0 Å². The van der Waals surface area contributed by atoms with Gasteiger partial charge < -0.3 is 15.0 Å². The number of carbonyl (C=O) groups is 1. The van der Waals surface area contributed by atoms with Crippen molar-refractivity contribution in [3.05, 3.63) is 34.9 Å². The summed E-state index contributed by atoms with van der Waals surface area (Å²) in [5.74, 6) is 0.215. The van der Waals surface area contributed by atoms with Crippen molar-refractivity contribution < 1.29 is 9.53 Å². The van der Waals surface area contributed by atoms with Gasteiger partial charge in [0.1, 0.15) is 0 Å². The minimum absolute atomic E-state index is 0.215. The van der Waals surface area contributed by atoms with Gasteiger partial charge in [0.15, 0.2) is 0 Å². The van der Waals surface area contributed by atoms with Crippen molar-refractivity contribution in [3.8, 4) is 0 Å². The average molecular weight is 297 g/mol. The zero-order valence-corrected chi connectivity index (χ0v) is 12.4. The van der Waals surface area contributed by atoms with E-state index in [4.69, 9.17) is 16.3 Å². The zero-order valence-electron chi connectivity index (χ0n) is 11.6. The summed E-state index contributed by atoms with van der Waals surface area (Å²) < 4.78 is 5.23. The summed E-state index contributed by atoms with van der Waals surface area (Å²) in [6.45, 7) is 4.38.